The van der Waals surface area contributed by atoms with Crippen molar-refractivity contribution in [3.63, 3.8) is 0 Å². The molecule has 22 heavy (non-hydrogen) atoms. The van der Waals surface area contributed by atoms with Crippen LogP contribution in [-0.2, 0) is 0 Å². The molecule has 0 spiro atoms. The average Bonchev–Trinajstić information content (AvgIpc) is 2.49. The number of nitrogens with one attached hydrogen (secondary N) is 2. The van der Waals surface area contributed by atoms with E-state index in [1.807, 2.05) is 7.05 Å². The molecule has 0 fully saturated rings. The van der Waals surface area contributed by atoms with Crippen LogP contribution in [0, 0.1) is 16.7 Å². The van der Waals surface area contributed by atoms with Crippen LogP contribution in [0.1, 0.15) is 53.0 Å². The number of hydrogen-bond acceptors (Lipinski definition) is 3. The van der Waals surface area contributed by atoms with Gasteiger partial charge in [0.2, 0.25) is 0 Å². The van der Waals surface area contributed by atoms with E-state index in [0.717, 1.165) is 30.3 Å². The van der Waals surface area contributed by atoms with Crippen LogP contribution >= 0.6 is 0 Å². The Hall–Kier alpha value is -1.51. The Morgan fingerprint density at radius 3 is 2.32 bits per heavy atom. The van der Waals surface area contributed by atoms with Crippen molar-refractivity contribution in [2.45, 2.75) is 47.5 Å². The van der Waals surface area contributed by atoms with E-state index in [9.17, 15) is 0 Å². The maximum Gasteiger partial charge on any atom is 0.0428 e. The highest BCUT2D eigenvalue weighted by molar-refractivity contribution is 5.87. The van der Waals surface area contributed by atoms with E-state index >= 15 is 0 Å². The molecule has 2 N–H and O–H groups in total. The van der Waals surface area contributed by atoms with Gasteiger partial charge in [0.25, 0.3) is 0 Å². The van der Waals surface area contributed by atoms with Crippen LogP contribution in [0.5, 0.6) is 0 Å². The Bertz CT molecular complexity index is 470. The smallest absolute Gasteiger partial charge is 0.0428 e. The Morgan fingerprint density at radius 1 is 1.23 bits per heavy atom. The maximum atomic E-state index is 7.64. The first kappa shape index (κ1) is 18.5. The third kappa shape index (κ3) is 5.36. The quantitative estimate of drug-likeness (QED) is 0.662. The number of nitrogens with zero attached hydrogens (tertiary/aromatic N) is 1. The molecular weight excluding hydrogens is 270 g/mol. The fourth-order valence-electron chi connectivity index (χ4n) is 2.79. The molecule has 1 aromatic rings. The van der Waals surface area contributed by atoms with Crippen LogP contribution in [-0.4, -0.2) is 26.4 Å². The second-order valence-corrected chi connectivity index (χ2v) is 7.29. The lowest BCUT2D eigenvalue weighted by Gasteiger charge is -2.34. The van der Waals surface area contributed by atoms with Crippen molar-refractivity contribution >= 4 is 17.6 Å². The lowest BCUT2D eigenvalue weighted by Crippen LogP contribution is -2.36. The third-order valence-electron chi connectivity index (χ3n) is 4.12. The van der Waals surface area contributed by atoms with Gasteiger partial charge in [-0.15, -0.1) is 0 Å². The van der Waals surface area contributed by atoms with E-state index in [1.165, 1.54) is 24.7 Å². The second-order valence-electron chi connectivity index (χ2n) is 7.29. The number of benzene rings is 1. The fraction of sp³-hybridized carbons (Fsp3) is 0.632. The summed E-state index contributed by atoms with van der Waals surface area (Å²) in [5.41, 5.74) is 3.43. The minimum atomic E-state index is 0.249. The summed E-state index contributed by atoms with van der Waals surface area (Å²) in [4.78, 5) is 2.49. The SMILES string of the molecule is CCC(CC)CN(CC(C)(C)C)c1ccc(NC)c(C=N)c1. The maximum absolute atomic E-state index is 7.64. The van der Waals surface area contributed by atoms with Crippen LogP contribution in [0.2, 0.25) is 0 Å². The number of hydrogen-bond donors (Lipinski definition) is 2. The molecule has 0 amide bonds. The van der Waals surface area contributed by atoms with Crippen LogP contribution < -0.4 is 10.2 Å². The topological polar surface area (TPSA) is 39.1 Å². The third-order valence-corrected chi connectivity index (χ3v) is 4.12. The minimum absolute atomic E-state index is 0.249. The highest BCUT2D eigenvalue weighted by atomic mass is 15.1. The molecule has 3 nitrogen and oxygen atoms in total. The van der Waals surface area contributed by atoms with Crippen molar-refractivity contribution in [1.82, 2.24) is 0 Å². The summed E-state index contributed by atoms with van der Waals surface area (Å²) >= 11 is 0. The summed E-state index contributed by atoms with van der Waals surface area (Å²) in [6, 6.07) is 6.39. The van der Waals surface area contributed by atoms with Gasteiger partial charge in [-0.3, -0.25) is 0 Å². The normalized spacial score (nSPS) is 11.6. The van der Waals surface area contributed by atoms with Crippen LogP contribution in [0.25, 0.3) is 0 Å². The molecule has 0 saturated heterocycles. The van der Waals surface area contributed by atoms with Gasteiger partial charge in [0.1, 0.15) is 0 Å². The van der Waals surface area contributed by atoms with Gasteiger partial charge in [-0.05, 0) is 29.5 Å². The molecule has 1 rings (SSSR count). The summed E-state index contributed by atoms with van der Waals surface area (Å²) in [6.07, 6.45) is 3.86. The molecule has 0 saturated carbocycles. The van der Waals surface area contributed by atoms with Crippen molar-refractivity contribution < 1.29 is 0 Å². The largest absolute Gasteiger partial charge is 0.388 e. The van der Waals surface area contributed by atoms with Gasteiger partial charge in [-0.1, -0.05) is 47.5 Å². The lowest BCUT2D eigenvalue weighted by atomic mass is 9.94. The first-order valence-electron chi connectivity index (χ1n) is 8.41. The highest BCUT2D eigenvalue weighted by Gasteiger charge is 2.20. The average molecular weight is 303 g/mol. The second kappa shape index (κ2) is 8.21. The van der Waals surface area contributed by atoms with Gasteiger partial charge in [0.15, 0.2) is 0 Å². The predicted molar refractivity (Wildman–Crippen MR) is 99.6 cm³/mol. The molecule has 0 radical (unpaired) electrons. The van der Waals surface area contributed by atoms with E-state index < -0.39 is 0 Å². The first-order valence-corrected chi connectivity index (χ1v) is 8.41. The van der Waals surface area contributed by atoms with Crippen LogP contribution in [0.15, 0.2) is 18.2 Å². The van der Waals surface area contributed by atoms with Crippen molar-refractivity contribution in [3.8, 4) is 0 Å². The Balaban J connectivity index is 3.11. The first-order chi connectivity index (χ1) is 10.3. The summed E-state index contributed by atoms with van der Waals surface area (Å²) in [6.45, 7) is 13.5. The summed E-state index contributed by atoms with van der Waals surface area (Å²) in [7, 11) is 1.90. The summed E-state index contributed by atoms with van der Waals surface area (Å²) < 4.78 is 0. The van der Waals surface area contributed by atoms with Gasteiger partial charge >= 0.3 is 0 Å². The molecule has 0 atom stereocenters. The van der Waals surface area contributed by atoms with Gasteiger partial charge in [-0.25, -0.2) is 0 Å². The molecule has 0 aliphatic rings. The van der Waals surface area contributed by atoms with E-state index in [4.69, 9.17) is 5.41 Å². The summed E-state index contributed by atoms with van der Waals surface area (Å²) in [5.74, 6) is 0.717. The molecule has 0 heterocycles. The highest BCUT2D eigenvalue weighted by Crippen LogP contribution is 2.27. The monoisotopic (exact) mass is 303 g/mol. The molecule has 0 unspecified atom stereocenters. The molecular formula is C19H33N3. The van der Waals surface area contributed by atoms with E-state index in [0.29, 0.717) is 0 Å². The van der Waals surface area contributed by atoms with Crippen molar-refractivity contribution in [3.05, 3.63) is 23.8 Å². The van der Waals surface area contributed by atoms with Gasteiger partial charge in [0, 0.05) is 43.3 Å². The van der Waals surface area contributed by atoms with Crippen LogP contribution in [0.4, 0.5) is 11.4 Å². The summed E-state index contributed by atoms with van der Waals surface area (Å²) in [5, 5.41) is 10.8. The zero-order valence-electron chi connectivity index (χ0n) is 15.2. The van der Waals surface area contributed by atoms with Crippen molar-refractivity contribution in [2.24, 2.45) is 11.3 Å². The van der Waals surface area contributed by atoms with Crippen molar-refractivity contribution in [2.75, 3.05) is 30.4 Å². The van der Waals surface area contributed by atoms with E-state index in [2.05, 4.69) is 63.0 Å². The number of rotatable bonds is 8. The molecule has 0 aromatic heterocycles. The van der Waals surface area contributed by atoms with E-state index in [-0.39, 0.29) is 5.41 Å². The zero-order valence-corrected chi connectivity index (χ0v) is 15.2. The van der Waals surface area contributed by atoms with E-state index in [1.54, 1.807) is 0 Å². The zero-order chi connectivity index (χ0) is 16.8. The molecule has 0 bridgehead atoms. The minimum Gasteiger partial charge on any atom is -0.388 e. The Labute approximate surface area is 136 Å². The Morgan fingerprint density at radius 2 is 1.86 bits per heavy atom. The lowest BCUT2D eigenvalue weighted by molar-refractivity contribution is 0.386. The molecule has 1 aromatic carbocycles. The van der Waals surface area contributed by atoms with Gasteiger partial charge in [-0.2, -0.15) is 0 Å². The molecule has 124 valence electrons. The number of anilines is 2. The van der Waals surface area contributed by atoms with Gasteiger partial charge < -0.3 is 15.6 Å². The predicted octanol–water partition coefficient (Wildman–Crippen LogP) is 5.01. The Kier molecular flexibility index (Phi) is 6.92. The van der Waals surface area contributed by atoms with Crippen molar-refractivity contribution in [1.29, 1.82) is 5.41 Å². The molecule has 0 aliphatic carbocycles. The van der Waals surface area contributed by atoms with Crippen LogP contribution in [0.3, 0.4) is 0 Å². The standard InChI is InChI=1S/C19H33N3/c1-7-15(8-2)13-22(14-19(3,4)5)17-9-10-18(21-6)16(11-17)12-20/h9-12,15,20-21H,7-8,13-14H2,1-6H3. The van der Waals surface area contributed by atoms with Gasteiger partial charge in [0.05, 0.1) is 0 Å². The fourth-order valence-corrected chi connectivity index (χ4v) is 2.79. The molecule has 3 heteroatoms. The molecule has 0 aliphatic heterocycles.